The summed E-state index contributed by atoms with van der Waals surface area (Å²) in [7, 11) is 0. The lowest BCUT2D eigenvalue weighted by Crippen LogP contribution is -2.47. The number of hydrogen-bond donors (Lipinski definition) is 0. The van der Waals surface area contributed by atoms with Gasteiger partial charge in [0, 0.05) is 31.3 Å². The minimum absolute atomic E-state index is 0.0402. The highest BCUT2D eigenvalue weighted by molar-refractivity contribution is 5.89. The van der Waals surface area contributed by atoms with Crippen molar-refractivity contribution in [3.05, 3.63) is 34.9 Å². The minimum Gasteiger partial charge on any atom is -0.462 e. The van der Waals surface area contributed by atoms with E-state index in [2.05, 4.69) is 13.0 Å². The zero-order valence-corrected chi connectivity index (χ0v) is 23.0. The molecule has 0 unspecified atom stereocenters. The van der Waals surface area contributed by atoms with Gasteiger partial charge in [-0.25, -0.2) is 13.6 Å². The Kier molecular flexibility index (Phi) is 8.14. The number of hydrogen-bond acceptors (Lipinski definition) is 4. The molecule has 1 amide bonds. The molecule has 0 aromatic heterocycles. The quantitative estimate of drug-likeness (QED) is 0.288. The second-order valence-corrected chi connectivity index (χ2v) is 12.2. The molecular weight excluding hydrogens is 488 g/mol. The van der Waals surface area contributed by atoms with Crippen molar-refractivity contribution in [2.24, 2.45) is 23.2 Å². The summed E-state index contributed by atoms with van der Waals surface area (Å²) in [5, 5.41) is 0. The highest BCUT2D eigenvalue weighted by Crippen LogP contribution is 2.68. The fourth-order valence-corrected chi connectivity index (χ4v) is 8.11. The Balaban J connectivity index is 1.29. The third-order valence-electron chi connectivity index (χ3n) is 10.1. The standard InChI is InChI=1S/C31H43F2NO4/c1-3-4-16-38-29(36)22-9-10-24-21(19-22)8-11-26-25(24)12-13-30(2)28(26)23(20-31(30,32)33)6-5-7-27(35)34-14-17-37-18-15-34/h9-10,19,23,25-26,28H,3-8,11-18,20H2,1-2H3/t23-,25+,26+,28-,30-/m0/s1. The Morgan fingerprint density at radius 1 is 1.16 bits per heavy atom. The van der Waals surface area contributed by atoms with Gasteiger partial charge in [0.1, 0.15) is 0 Å². The molecule has 5 nitrogen and oxygen atoms in total. The van der Waals surface area contributed by atoms with Gasteiger partial charge in [-0.15, -0.1) is 0 Å². The van der Waals surface area contributed by atoms with Gasteiger partial charge in [0.05, 0.1) is 25.4 Å². The maximum atomic E-state index is 15.6. The highest BCUT2D eigenvalue weighted by atomic mass is 19.3. The zero-order valence-electron chi connectivity index (χ0n) is 23.0. The van der Waals surface area contributed by atoms with Gasteiger partial charge < -0.3 is 14.4 Å². The molecule has 1 aromatic carbocycles. The molecular formula is C31H43F2NO4. The number of alkyl halides is 2. The van der Waals surface area contributed by atoms with Crippen LogP contribution in [0.3, 0.4) is 0 Å². The first-order valence-corrected chi connectivity index (χ1v) is 14.8. The molecule has 0 bridgehead atoms. The Hall–Kier alpha value is -2.02. The van der Waals surface area contributed by atoms with Crippen LogP contribution in [-0.4, -0.2) is 55.6 Å². The summed E-state index contributed by atoms with van der Waals surface area (Å²) in [6.45, 7) is 6.74. The lowest BCUT2D eigenvalue weighted by Gasteiger charge is -2.51. The van der Waals surface area contributed by atoms with Crippen molar-refractivity contribution < 1.29 is 27.8 Å². The van der Waals surface area contributed by atoms with E-state index in [4.69, 9.17) is 9.47 Å². The van der Waals surface area contributed by atoms with E-state index >= 15 is 8.78 Å². The van der Waals surface area contributed by atoms with Gasteiger partial charge in [-0.05, 0) is 91.9 Å². The number of halogens is 2. The number of carbonyl (C=O) groups is 2. The van der Waals surface area contributed by atoms with Gasteiger partial charge in [0.15, 0.2) is 0 Å². The lowest BCUT2D eigenvalue weighted by atomic mass is 9.53. The SMILES string of the molecule is CCCCOC(=O)c1ccc2c(c1)CC[C@H]1[C@@H]3[C@@H](CCCC(=O)N4CCOCC4)CC(F)(F)[C@@]3(C)CC[C@H]21. The molecule has 1 aromatic rings. The fraction of sp³-hybridized carbons (Fsp3) is 0.742. The van der Waals surface area contributed by atoms with Gasteiger partial charge in [-0.3, -0.25) is 4.79 Å². The van der Waals surface area contributed by atoms with Crippen molar-refractivity contribution in [1.29, 1.82) is 0 Å². The van der Waals surface area contributed by atoms with Crippen molar-refractivity contribution in [3.8, 4) is 0 Å². The smallest absolute Gasteiger partial charge is 0.338 e. The molecule has 1 heterocycles. The van der Waals surface area contributed by atoms with Crippen molar-refractivity contribution in [3.63, 3.8) is 0 Å². The average Bonchev–Trinajstić information content (AvgIpc) is 3.13. The molecule has 0 N–H and O–H groups in total. The normalized spacial score (nSPS) is 31.7. The Bertz CT molecular complexity index is 1020. The van der Waals surface area contributed by atoms with Crippen LogP contribution in [0.15, 0.2) is 18.2 Å². The summed E-state index contributed by atoms with van der Waals surface area (Å²) in [6.07, 6.45) is 6.54. The maximum Gasteiger partial charge on any atom is 0.338 e. The molecule has 0 radical (unpaired) electrons. The summed E-state index contributed by atoms with van der Waals surface area (Å²) in [5.74, 6) is -2.45. The first kappa shape index (κ1) is 27.5. The molecule has 1 aliphatic heterocycles. The van der Waals surface area contributed by atoms with Crippen LogP contribution in [0.4, 0.5) is 8.78 Å². The molecule has 3 aliphatic carbocycles. The van der Waals surface area contributed by atoms with Crippen LogP contribution >= 0.6 is 0 Å². The van der Waals surface area contributed by atoms with Gasteiger partial charge in [-0.1, -0.05) is 26.3 Å². The first-order valence-electron chi connectivity index (χ1n) is 14.8. The number of benzene rings is 1. The summed E-state index contributed by atoms with van der Waals surface area (Å²) in [4.78, 5) is 27.0. The van der Waals surface area contributed by atoms with Crippen LogP contribution in [0, 0.1) is 23.2 Å². The van der Waals surface area contributed by atoms with E-state index in [0.29, 0.717) is 64.2 Å². The van der Waals surface area contributed by atoms with E-state index in [9.17, 15) is 9.59 Å². The molecule has 0 spiro atoms. The maximum absolute atomic E-state index is 15.6. The van der Waals surface area contributed by atoms with E-state index in [-0.39, 0.29) is 42.0 Å². The summed E-state index contributed by atoms with van der Waals surface area (Å²) >= 11 is 0. The molecule has 5 atom stereocenters. The van der Waals surface area contributed by atoms with Crippen LogP contribution < -0.4 is 0 Å². The molecule has 7 heteroatoms. The van der Waals surface area contributed by atoms with Gasteiger partial charge >= 0.3 is 5.97 Å². The molecule has 1 saturated heterocycles. The number of carbonyl (C=O) groups excluding carboxylic acids is 2. The third-order valence-corrected chi connectivity index (χ3v) is 10.1. The van der Waals surface area contributed by atoms with E-state index in [1.807, 2.05) is 24.0 Å². The van der Waals surface area contributed by atoms with Crippen LogP contribution in [0.2, 0.25) is 0 Å². The highest BCUT2D eigenvalue weighted by Gasteiger charge is 2.67. The summed E-state index contributed by atoms with van der Waals surface area (Å²) < 4.78 is 41.9. The minimum atomic E-state index is -2.67. The van der Waals surface area contributed by atoms with Crippen molar-refractivity contribution >= 4 is 11.9 Å². The number of morpholine rings is 1. The predicted molar refractivity (Wildman–Crippen MR) is 141 cm³/mol. The molecule has 5 rings (SSSR count). The number of unbranched alkanes of at least 4 members (excludes halogenated alkanes) is 1. The average molecular weight is 532 g/mol. The fourth-order valence-electron chi connectivity index (χ4n) is 8.11. The summed E-state index contributed by atoms with van der Waals surface area (Å²) in [6, 6.07) is 5.90. The molecule has 2 saturated carbocycles. The predicted octanol–water partition coefficient (Wildman–Crippen LogP) is 6.39. The van der Waals surface area contributed by atoms with E-state index in [0.717, 1.165) is 32.1 Å². The number of amides is 1. The van der Waals surface area contributed by atoms with Crippen molar-refractivity contribution in [2.45, 2.75) is 89.9 Å². The number of fused-ring (bicyclic) bond motifs is 5. The largest absolute Gasteiger partial charge is 0.462 e. The van der Waals surface area contributed by atoms with E-state index < -0.39 is 11.3 Å². The number of esters is 1. The van der Waals surface area contributed by atoms with Gasteiger partial charge in [0.25, 0.3) is 5.92 Å². The Morgan fingerprint density at radius 3 is 2.71 bits per heavy atom. The van der Waals surface area contributed by atoms with E-state index in [1.165, 1.54) is 11.1 Å². The second kappa shape index (κ2) is 11.2. The molecule has 4 aliphatic rings. The lowest BCUT2D eigenvalue weighted by molar-refractivity contribution is -0.135. The Labute approximate surface area is 225 Å². The zero-order chi connectivity index (χ0) is 26.9. The van der Waals surface area contributed by atoms with Crippen LogP contribution in [-0.2, 0) is 20.7 Å². The van der Waals surface area contributed by atoms with Crippen molar-refractivity contribution in [2.75, 3.05) is 32.9 Å². The summed E-state index contributed by atoms with van der Waals surface area (Å²) in [5.41, 5.74) is 2.03. The Morgan fingerprint density at radius 2 is 1.95 bits per heavy atom. The van der Waals surface area contributed by atoms with Gasteiger partial charge in [-0.2, -0.15) is 0 Å². The van der Waals surface area contributed by atoms with Crippen LogP contribution in [0.1, 0.15) is 99.0 Å². The number of rotatable bonds is 8. The second-order valence-electron chi connectivity index (χ2n) is 12.2. The van der Waals surface area contributed by atoms with Crippen LogP contribution in [0.25, 0.3) is 0 Å². The molecule has 38 heavy (non-hydrogen) atoms. The third kappa shape index (κ3) is 5.12. The van der Waals surface area contributed by atoms with Crippen LogP contribution in [0.5, 0.6) is 0 Å². The van der Waals surface area contributed by atoms with E-state index in [1.54, 1.807) is 0 Å². The molecule has 210 valence electrons. The van der Waals surface area contributed by atoms with Crippen molar-refractivity contribution in [1.82, 2.24) is 4.90 Å². The number of aryl methyl sites for hydroxylation is 1. The first-order chi connectivity index (χ1) is 18.2. The van der Waals surface area contributed by atoms with Gasteiger partial charge in [0.2, 0.25) is 5.91 Å². The topological polar surface area (TPSA) is 55.8 Å². The monoisotopic (exact) mass is 531 g/mol. The molecule has 3 fully saturated rings. The number of nitrogens with zero attached hydrogens (tertiary/aromatic N) is 1. The number of ether oxygens (including phenoxy) is 2.